The lowest BCUT2D eigenvalue weighted by Crippen LogP contribution is -2.32. The molecule has 1 heterocycles. The summed E-state index contributed by atoms with van der Waals surface area (Å²) in [4.78, 5) is 35.4. The summed E-state index contributed by atoms with van der Waals surface area (Å²) in [6.45, 7) is 3.59. The molecule has 0 saturated heterocycles. The second kappa shape index (κ2) is 12.0. The fourth-order valence-corrected chi connectivity index (χ4v) is 5.01. The molecule has 1 atom stereocenters. The number of nitrogens with one attached hydrogen (secondary N) is 1. The van der Waals surface area contributed by atoms with E-state index in [-0.39, 0.29) is 28.4 Å². The number of phenolic OH excluding ortho intramolecular Hbond substituents is 1. The van der Waals surface area contributed by atoms with E-state index in [2.05, 4.69) is 15.3 Å². The molecule has 12 heteroatoms. The van der Waals surface area contributed by atoms with Crippen molar-refractivity contribution in [3.63, 3.8) is 0 Å². The Morgan fingerprint density at radius 3 is 2.50 bits per heavy atom. The molecule has 1 unspecified atom stereocenters. The second-order valence-electron chi connectivity index (χ2n) is 9.06. The molecule has 1 aromatic heterocycles. The Balaban J connectivity index is 1.57. The van der Waals surface area contributed by atoms with Crippen LogP contribution in [-0.4, -0.2) is 48.8 Å². The zero-order valence-electron chi connectivity index (χ0n) is 21.7. The summed E-state index contributed by atoms with van der Waals surface area (Å²) in [5.74, 6) is -1.46. The number of carboxylic acids is 2. The number of H-pyrrole nitrogens is 1. The van der Waals surface area contributed by atoms with E-state index in [4.69, 9.17) is 10.8 Å². The number of aryl methyl sites for hydroxylation is 2. The number of azo groups is 1. The number of phenols is 1. The molecule has 4 rings (SSSR count). The van der Waals surface area contributed by atoms with Gasteiger partial charge in [0, 0.05) is 17.1 Å². The van der Waals surface area contributed by atoms with Crippen LogP contribution >= 0.6 is 11.8 Å². The third-order valence-corrected chi connectivity index (χ3v) is 7.30. The number of aromatic carboxylic acids is 1. The number of para-hydroxylation sites is 1. The van der Waals surface area contributed by atoms with Crippen molar-refractivity contribution in [2.24, 2.45) is 16.0 Å². The van der Waals surface area contributed by atoms with Gasteiger partial charge in [-0.25, -0.2) is 9.48 Å². The lowest BCUT2D eigenvalue weighted by atomic mass is 10.0. The van der Waals surface area contributed by atoms with Crippen molar-refractivity contribution in [3.05, 3.63) is 93.4 Å². The summed E-state index contributed by atoms with van der Waals surface area (Å²) in [5, 5.41) is 40.2. The molecule has 3 aromatic carbocycles. The van der Waals surface area contributed by atoms with Gasteiger partial charge in [0.1, 0.15) is 11.7 Å². The van der Waals surface area contributed by atoms with Gasteiger partial charge in [-0.05, 0) is 60.9 Å². The van der Waals surface area contributed by atoms with Crippen LogP contribution in [0.4, 0.5) is 11.4 Å². The minimum absolute atomic E-state index is 0.0672. The lowest BCUT2D eigenvalue weighted by molar-refractivity contribution is -0.137. The predicted molar refractivity (Wildman–Crippen MR) is 152 cm³/mol. The number of nitrogens with zero attached hydrogens (tertiary/aromatic N) is 3. The highest BCUT2D eigenvalue weighted by molar-refractivity contribution is 7.98. The minimum Gasteiger partial charge on any atom is -0.505 e. The maximum Gasteiger partial charge on any atom is 0.335 e. The molecule has 206 valence electrons. The van der Waals surface area contributed by atoms with Crippen molar-refractivity contribution in [2.75, 3.05) is 5.75 Å². The van der Waals surface area contributed by atoms with Gasteiger partial charge in [0.2, 0.25) is 0 Å². The summed E-state index contributed by atoms with van der Waals surface area (Å²) < 4.78 is 1.35. The van der Waals surface area contributed by atoms with Crippen molar-refractivity contribution < 1.29 is 24.9 Å². The number of carboxylic acid groups (broad SMARTS) is 2. The molecule has 4 aromatic rings. The van der Waals surface area contributed by atoms with E-state index in [0.717, 1.165) is 11.1 Å². The smallest absolute Gasteiger partial charge is 0.335 e. The Labute approximate surface area is 233 Å². The van der Waals surface area contributed by atoms with E-state index in [0.29, 0.717) is 28.3 Å². The van der Waals surface area contributed by atoms with E-state index in [9.17, 15) is 24.6 Å². The highest BCUT2D eigenvalue weighted by Gasteiger charge is 2.16. The van der Waals surface area contributed by atoms with Crippen LogP contribution in [0, 0.1) is 13.8 Å². The summed E-state index contributed by atoms with van der Waals surface area (Å²) >= 11 is 1.42. The number of benzene rings is 3. The van der Waals surface area contributed by atoms with E-state index in [1.165, 1.54) is 34.6 Å². The van der Waals surface area contributed by atoms with E-state index >= 15 is 0 Å². The number of hydrogen-bond donors (Lipinski definition) is 5. The van der Waals surface area contributed by atoms with Gasteiger partial charge >= 0.3 is 11.9 Å². The molecule has 0 amide bonds. The Kier molecular flexibility index (Phi) is 8.51. The molecule has 0 aliphatic rings. The monoisotopic (exact) mass is 561 g/mol. The van der Waals surface area contributed by atoms with Crippen LogP contribution in [0.1, 0.15) is 27.2 Å². The molecule has 0 fully saturated rings. The number of nitrogens with two attached hydrogens (primary N) is 1. The third kappa shape index (κ3) is 6.14. The fraction of sp³-hybridized carbons (Fsp3) is 0.179. The average Bonchev–Trinajstić information content (AvgIpc) is 3.21. The molecular formula is C28H27N5O6S. The van der Waals surface area contributed by atoms with Crippen LogP contribution in [0.3, 0.4) is 0 Å². The first-order chi connectivity index (χ1) is 19.1. The SMILES string of the molecule is Cc1cc(-n2[nH]c(C)c(N=Nc3cccc(-c4cccc(C(=O)O)c4)c3O)c2=O)ccc1CSCC(N)C(=O)O. The zero-order valence-corrected chi connectivity index (χ0v) is 22.5. The van der Waals surface area contributed by atoms with Crippen LogP contribution in [0.2, 0.25) is 0 Å². The second-order valence-corrected chi connectivity index (χ2v) is 10.1. The molecule has 0 aliphatic heterocycles. The van der Waals surface area contributed by atoms with Crippen LogP contribution in [0.5, 0.6) is 5.75 Å². The number of thioether (sulfide) groups is 1. The maximum absolute atomic E-state index is 13.2. The molecule has 0 spiro atoms. The predicted octanol–water partition coefficient (Wildman–Crippen LogP) is 4.91. The van der Waals surface area contributed by atoms with Gasteiger partial charge in [0.15, 0.2) is 11.4 Å². The Bertz CT molecular complexity index is 1680. The van der Waals surface area contributed by atoms with Crippen molar-refractivity contribution >= 4 is 35.1 Å². The number of hydrogen-bond acceptors (Lipinski definition) is 8. The first-order valence-electron chi connectivity index (χ1n) is 12.1. The Morgan fingerprint density at radius 1 is 1.05 bits per heavy atom. The van der Waals surface area contributed by atoms with Gasteiger partial charge in [0.05, 0.1) is 16.9 Å². The quantitative estimate of drug-likeness (QED) is 0.169. The number of carbonyl (C=O) groups is 2. The summed E-state index contributed by atoms with van der Waals surface area (Å²) in [7, 11) is 0. The normalized spacial score (nSPS) is 12.1. The van der Waals surface area contributed by atoms with Gasteiger partial charge in [-0.1, -0.05) is 30.3 Å². The van der Waals surface area contributed by atoms with Gasteiger partial charge in [-0.15, -0.1) is 10.2 Å². The van der Waals surface area contributed by atoms with Crippen molar-refractivity contribution in [2.45, 2.75) is 25.6 Å². The van der Waals surface area contributed by atoms with Gasteiger partial charge in [-0.3, -0.25) is 14.7 Å². The van der Waals surface area contributed by atoms with Gasteiger partial charge in [-0.2, -0.15) is 11.8 Å². The minimum atomic E-state index is -1.08. The first-order valence-corrected chi connectivity index (χ1v) is 13.3. The number of aromatic amines is 1. The topological polar surface area (TPSA) is 183 Å². The third-order valence-electron chi connectivity index (χ3n) is 6.19. The largest absolute Gasteiger partial charge is 0.505 e. The Hall–Kier alpha value is -4.68. The van der Waals surface area contributed by atoms with Crippen molar-refractivity contribution in [1.82, 2.24) is 9.78 Å². The summed E-state index contributed by atoms with van der Waals surface area (Å²) in [6.07, 6.45) is 0. The highest BCUT2D eigenvalue weighted by atomic mass is 32.2. The molecular weight excluding hydrogens is 534 g/mol. The zero-order chi connectivity index (χ0) is 29.0. The summed E-state index contributed by atoms with van der Waals surface area (Å²) in [6, 6.07) is 15.5. The standard InChI is InChI=1S/C28H27N5O6S/c1-15-11-20(10-9-19(15)13-40-14-22(29)28(38)39)33-26(35)24(16(2)32-33)31-30-23-8-4-7-21(25(23)34)17-5-3-6-18(12-17)27(36)37/h3-12,22,32,34H,13-14,29H2,1-2H3,(H,36,37)(H,38,39). The molecule has 0 bridgehead atoms. The molecule has 0 saturated carbocycles. The maximum atomic E-state index is 13.2. The van der Waals surface area contributed by atoms with Crippen LogP contribution in [0.25, 0.3) is 16.8 Å². The average molecular weight is 562 g/mol. The number of aromatic hydroxyl groups is 1. The van der Waals surface area contributed by atoms with E-state index in [1.54, 1.807) is 37.3 Å². The molecule has 6 N–H and O–H groups in total. The number of aromatic nitrogens is 2. The molecule has 40 heavy (non-hydrogen) atoms. The van der Waals surface area contributed by atoms with E-state index < -0.39 is 23.5 Å². The van der Waals surface area contributed by atoms with Crippen LogP contribution < -0.4 is 11.3 Å². The molecule has 11 nitrogen and oxygen atoms in total. The summed E-state index contributed by atoms with van der Waals surface area (Å²) in [5.41, 5.74) is 9.24. The van der Waals surface area contributed by atoms with Crippen LogP contribution in [0.15, 0.2) is 75.7 Å². The lowest BCUT2D eigenvalue weighted by Gasteiger charge is -2.10. The van der Waals surface area contributed by atoms with Gasteiger partial charge in [0.25, 0.3) is 5.56 Å². The first kappa shape index (κ1) is 28.3. The number of rotatable bonds is 10. The molecule has 0 radical (unpaired) electrons. The highest BCUT2D eigenvalue weighted by Crippen LogP contribution is 2.38. The molecule has 0 aliphatic carbocycles. The van der Waals surface area contributed by atoms with Crippen molar-refractivity contribution in [3.8, 4) is 22.6 Å². The fourth-order valence-electron chi connectivity index (χ4n) is 3.95. The van der Waals surface area contributed by atoms with E-state index in [1.807, 2.05) is 19.1 Å². The van der Waals surface area contributed by atoms with Crippen LogP contribution in [-0.2, 0) is 10.5 Å². The Morgan fingerprint density at radius 2 is 1.80 bits per heavy atom. The van der Waals surface area contributed by atoms with Crippen molar-refractivity contribution in [1.29, 1.82) is 0 Å². The van der Waals surface area contributed by atoms with Gasteiger partial charge < -0.3 is 21.1 Å². The number of aliphatic carboxylic acids is 1.